The zero-order valence-corrected chi connectivity index (χ0v) is 15.7. The number of rotatable bonds is 5. The summed E-state index contributed by atoms with van der Waals surface area (Å²) in [6.45, 7) is 5.02. The molecule has 0 spiro atoms. The minimum Gasteiger partial charge on any atom is -0.311 e. The molecule has 2 aliphatic rings. The van der Waals surface area contributed by atoms with Gasteiger partial charge in [-0.2, -0.15) is 5.10 Å². The fourth-order valence-corrected chi connectivity index (χ4v) is 4.45. The Kier molecular flexibility index (Phi) is 4.97. The molecule has 0 saturated carbocycles. The summed E-state index contributed by atoms with van der Waals surface area (Å²) in [5.41, 5.74) is 8.65. The Labute approximate surface area is 158 Å². The molecule has 0 bridgehead atoms. The maximum absolute atomic E-state index is 13.3. The molecule has 7 heteroatoms. The van der Waals surface area contributed by atoms with Gasteiger partial charge in [0, 0.05) is 30.4 Å². The van der Waals surface area contributed by atoms with E-state index in [4.69, 9.17) is 0 Å². The van der Waals surface area contributed by atoms with E-state index >= 15 is 0 Å². The van der Waals surface area contributed by atoms with Crippen molar-refractivity contribution >= 4 is 11.7 Å². The molecule has 2 aliphatic heterocycles. The number of carbonyl (C=O) groups excluding carboxylic acids is 1. The smallest absolute Gasteiger partial charge is 0.226 e. The Morgan fingerprint density at radius 3 is 2.70 bits per heavy atom. The third-order valence-corrected chi connectivity index (χ3v) is 5.94. The van der Waals surface area contributed by atoms with Crippen LogP contribution in [-0.2, 0) is 4.79 Å². The van der Waals surface area contributed by atoms with Crippen LogP contribution in [0.2, 0.25) is 0 Å². The van der Waals surface area contributed by atoms with Crippen molar-refractivity contribution in [2.75, 3.05) is 11.9 Å². The van der Waals surface area contributed by atoms with Crippen molar-refractivity contribution in [1.29, 1.82) is 0 Å². The first-order valence-electron chi connectivity index (χ1n) is 9.73. The first-order valence-corrected chi connectivity index (χ1v) is 9.73. The Bertz CT molecular complexity index is 814. The van der Waals surface area contributed by atoms with E-state index in [0.717, 1.165) is 36.3 Å². The molecule has 144 valence electrons. The highest BCUT2D eigenvalue weighted by molar-refractivity contribution is 5.93. The number of halogens is 1. The molecule has 3 atom stereocenters. The van der Waals surface area contributed by atoms with E-state index in [1.807, 2.05) is 23.0 Å². The summed E-state index contributed by atoms with van der Waals surface area (Å²) in [7, 11) is 0. The first kappa shape index (κ1) is 18.1. The summed E-state index contributed by atoms with van der Waals surface area (Å²) in [4.78, 5) is 12.5. The number of hydrogen-bond donors (Lipinski definition) is 3. The number of fused-ring (bicyclic) bond motifs is 1. The van der Waals surface area contributed by atoms with Gasteiger partial charge in [0.2, 0.25) is 5.91 Å². The second kappa shape index (κ2) is 7.40. The molecule has 2 aromatic rings. The molecule has 6 nitrogen and oxygen atoms in total. The van der Waals surface area contributed by atoms with Crippen molar-refractivity contribution in [1.82, 2.24) is 20.6 Å². The topological polar surface area (TPSA) is 71.0 Å². The molecule has 3 N–H and O–H groups in total. The Balaban J connectivity index is 1.68. The number of hydrazine groups is 1. The third-order valence-electron chi connectivity index (χ3n) is 5.94. The normalized spacial score (nSPS) is 24.9. The molecule has 3 unspecified atom stereocenters. The maximum atomic E-state index is 13.3. The highest BCUT2D eigenvalue weighted by atomic mass is 19.1. The molecular formula is C20H26FN5O. The molecule has 1 amide bonds. The first-order chi connectivity index (χ1) is 13.1. The predicted molar refractivity (Wildman–Crippen MR) is 102 cm³/mol. The fraction of sp³-hybridized carbons (Fsp3) is 0.500. The monoisotopic (exact) mass is 371 g/mol. The van der Waals surface area contributed by atoms with Crippen LogP contribution in [0.3, 0.4) is 0 Å². The van der Waals surface area contributed by atoms with Gasteiger partial charge < -0.3 is 5.32 Å². The van der Waals surface area contributed by atoms with E-state index in [1.54, 1.807) is 0 Å². The second-order valence-corrected chi connectivity index (χ2v) is 7.44. The molecule has 3 heterocycles. The van der Waals surface area contributed by atoms with Gasteiger partial charge in [0.05, 0.1) is 18.3 Å². The lowest BCUT2D eigenvalue weighted by Gasteiger charge is -2.31. The van der Waals surface area contributed by atoms with Crippen LogP contribution >= 0.6 is 0 Å². The van der Waals surface area contributed by atoms with E-state index in [-0.39, 0.29) is 35.6 Å². The van der Waals surface area contributed by atoms with E-state index in [0.29, 0.717) is 6.42 Å². The average molecular weight is 371 g/mol. The van der Waals surface area contributed by atoms with E-state index in [1.165, 1.54) is 12.1 Å². The number of hydrogen-bond acceptors (Lipinski definition) is 4. The standard InChI is InChI=1S/C20H26FN5O/c1-3-14(4-2)26-20-17(11-23-26)15(9-18(27)24-20)16-10-22-25-19(16)12-5-7-13(21)8-6-12/h5-8,11,14-16,19,22,25H,3-4,9-10H2,1-2H3,(H,24,27). The van der Waals surface area contributed by atoms with Crippen LogP contribution in [0.15, 0.2) is 30.5 Å². The molecule has 4 rings (SSSR count). The highest BCUT2D eigenvalue weighted by Gasteiger charge is 2.41. The van der Waals surface area contributed by atoms with Crippen molar-refractivity contribution in [3.8, 4) is 0 Å². The summed E-state index contributed by atoms with van der Waals surface area (Å²) in [6.07, 6.45) is 4.29. The number of anilines is 1. The Morgan fingerprint density at radius 1 is 1.26 bits per heavy atom. The lowest BCUT2D eigenvalue weighted by Crippen LogP contribution is -2.31. The number of carbonyl (C=O) groups is 1. The quantitative estimate of drug-likeness (QED) is 0.754. The van der Waals surface area contributed by atoms with E-state index in [9.17, 15) is 9.18 Å². The summed E-state index contributed by atoms with van der Waals surface area (Å²) in [5.74, 6) is 0.876. The lowest BCUT2D eigenvalue weighted by atomic mass is 9.77. The van der Waals surface area contributed by atoms with Gasteiger partial charge >= 0.3 is 0 Å². The molecule has 1 aromatic heterocycles. The van der Waals surface area contributed by atoms with Gasteiger partial charge in [-0.15, -0.1) is 0 Å². The van der Waals surface area contributed by atoms with Gasteiger partial charge in [-0.1, -0.05) is 26.0 Å². The highest BCUT2D eigenvalue weighted by Crippen LogP contribution is 2.44. The second-order valence-electron chi connectivity index (χ2n) is 7.44. The van der Waals surface area contributed by atoms with Crippen LogP contribution in [0.5, 0.6) is 0 Å². The molecule has 1 aromatic carbocycles. The summed E-state index contributed by atoms with van der Waals surface area (Å²) in [5, 5.41) is 7.66. The van der Waals surface area contributed by atoms with Gasteiger partial charge in [0.1, 0.15) is 11.6 Å². The third kappa shape index (κ3) is 3.26. The van der Waals surface area contributed by atoms with Crippen molar-refractivity contribution in [2.45, 2.75) is 51.1 Å². The predicted octanol–water partition coefficient (Wildman–Crippen LogP) is 3.27. The number of nitrogens with one attached hydrogen (secondary N) is 3. The van der Waals surface area contributed by atoms with Gasteiger partial charge in [-0.3, -0.25) is 10.2 Å². The SMILES string of the molecule is CCC(CC)n1ncc2c1NC(=O)CC2C1CNNC1c1ccc(F)cc1. The number of nitrogens with zero attached hydrogens (tertiary/aromatic N) is 2. The Morgan fingerprint density at radius 2 is 2.00 bits per heavy atom. The van der Waals surface area contributed by atoms with Crippen LogP contribution in [-0.4, -0.2) is 22.2 Å². The van der Waals surface area contributed by atoms with Gasteiger partial charge in [0.15, 0.2) is 0 Å². The molecule has 27 heavy (non-hydrogen) atoms. The maximum Gasteiger partial charge on any atom is 0.226 e. The largest absolute Gasteiger partial charge is 0.311 e. The van der Waals surface area contributed by atoms with E-state index < -0.39 is 0 Å². The Hall–Kier alpha value is -2.25. The summed E-state index contributed by atoms with van der Waals surface area (Å²) >= 11 is 0. The molecule has 0 radical (unpaired) electrons. The number of aromatic nitrogens is 2. The van der Waals surface area contributed by atoms with Crippen LogP contribution in [0, 0.1) is 11.7 Å². The lowest BCUT2D eigenvalue weighted by molar-refractivity contribution is -0.117. The summed E-state index contributed by atoms with van der Waals surface area (Å²) < 4.78 is 15.3. The summed E-state index contributed by atoms with van der Waals surface area (Å²) in [6, 6.07) is 6.88. The van der Waals surface area contributed by atoms with Crippen LogP contribution in [0.1, 0.15) is 62.2 Å². The molecular weight excluding hydrogens is 345 g/mol. The average Bonchev–Trinajstić information content (AvgIpc) is 3.31. The minimum atomic E-state index is -0.243. The van der Waals surface area contributed by atoms with Gasteiger partial charge in [-0.05, 0) is 30.5 Å². The van der Waals surface area contributed by atoms with Crippen molar-refractivity contribution < 1.29 is 9.18 Å². The van der Waals surface area contributed by atoms with Crippen LogP contribution in [0.25, 0.3) is 0 Å². The van der Waals surface area contributed by atoms with Gasteiger partial charge in [0.25, 0.3) is 0 Å². The molecule has 0 aliphatic carbocycles. The van der Waals surface area contributed by atoms with Crippen molar-refractivity contribution in [2.24, 2.45) is 5.92 Å². The minimum absolute atomic E-state index is 0.0193. The fourth-order valence-electron chi connectivity index (χ4n) is 4.45. The van der Waals surface area contributed by atoms with E-state index in [2.05, 4.69) is 35.1 Å². The van der Waals surface area contributed by atoms with Gasteiger partial charge in [-0.25, -0.2) is 14.5 Å². The number of benzene rings is 1. The van der Waals surface area contributed by atoms with Crippen LogP contribution in [0.4, 0.5) is 10.2 Å². The van der Waals surface area contributed by atoms with Crippen molar-refractivity contribution in [3.63, 3.8) is 0 Å². The van der Waals surface area contributed by atoms with Crippen molar-refractivity contribution in [3.05, 3.63) is 47.4 Å². The zero-order chi connectivity index (χ0) is 19.0. The zero-order valence-electron chi connectivity index (χ0n) is 15.7. The number of amides is 1. The molecule has 1 saturated heterocycles. The van der Waals surface area contributed by atoms with Crippen LogP contribution < -0.4 is 16.2 Å². The molecule has 1 fully saturated rings.